The van der Waals surface area contributed by atoms with Gasteiger partial charge in [-0.15, -0.1) is 0 Å². The van der Waals surface area contributed by atoms with Crippen LogP contribution in [0.15, 0.2) is 30.5 Å². The molecule has 0 saturated carbocycles. The van der Waals surface area contributed by atoms with Crippen LogP contribution in [0.25, 0.3) is 0 Å². The van der Waals surface area contributed by atoms with E-state index in [-0.39, 0.29) is 28.9 Å². The van der Waals surface area contributed by atoms with Crippen LogP contribution in [0, 0.1) is 10.1 Å². The molecule has 9 nitrogen and oxygen atoms in total. The Kier molecular flexibility index (Phi) is 4.36. The topological polar surface area (TPSA) is 125 Å². The third-order valence-electron chi connectivity index (χ3n) is 2.48. The second kappa shape index (κ2) is 6.20. The number of nitrogens with two attached hydrogens (primary N) is 1. The van der Waals surface area contributed by atoms with Gasteiger partial charge in [0.05, 0.1) is 9.95 Å². The fraction of sp³-hybridized carbons (Fsp3) is 0.0909. The molecule has 0 atom stereocenters. The van der Waals surface area contributed by atoms with Crippen LogP contribution >= 0.6 is 11.6 Å². The number of nitrogens with zero attached hydrogens (tertiary/aromatic N) is 3. The molecule has 1 heterocycles. The molecule has 1 aromatic carbocycles. The number of ether oxygens (including phenoxy) is 1. The second-order valence-corrected chi connectivity index (χ2v) is 4.27. The third-order valence-corrected chi connectivity index (χ3v) is 2.78. The van der Waals surface area contributed by atoms with Crippen molar-refractivity contribution in [2.75, 3.05) is 0 Å². The molecule has 110 valence electrons. The van der Waals surface area contributed by atoms with Crippen molar-refractivity contribution in [3.8, 4) is 5.75 Å². The number of carbonyl (C=O) groups is 1. The molecule has 0 fully saturated rings. The number of nitrogen functional groups attached to an aromatic ring is 1. The van der Waals surface area contributed by atoms with Crippen LogP contribution in [0.3, 0.4) is 0 Å². The van der Waals surface area contributed by atoms with Crippen molar-refractivity contribution >= 4 is 23.2 Å². The lowest BCUT2D eigenvalue weighted by atomic mass is 10.3. The van der Waals surface area contributed by atoms with Crippen molar-refractivity contribution in [3.63, 3.8) is 0 Å². The zero-order valence-electron chi connectivity index (χ0n) is 10.5. The van der Waals surface area contributed by atoms with Crippen LogP contribution in [0.5, 0.6) is 5.75 Å². The van der Waals surface area contributed by atoms with Crippen molar-refractivity contribution in [2.45, 2.75) is 6.73 Å². The summed E-state index contributed by atoms with van der Waals surface area (Å²) in [6, 6.07) is 5.31. The van der Waals surface area contributed by atoms with Crippen molar-refractivity contribution in [3.05, 3.63) is 51.3 Å². The van der Waals surface area contributed by atoms with Crippen LogP contribution in [0.2, 0.25) is 5.02 Å². The van der Waals surface area contributed by atoms with Crippen LogP contribution in [0.1, 0.15) is 10.5 Å². The number of nitro benzene ring substituents is 1. The quantitative estimate of drug-likeness (QED) is 0.368. The minimum atomic E-state index is -0.555. The fourth-order valence-electron chi connectivity index (χ4n) is 1.48. The number of carbonyl (C=O) groups excluding carboxylic acids is 1. The van der Waals surface area contributed by atoms with E-state index in [4.69, 9.17) is 22.2 Å². The Labute approximate surface area is 123 Å². The Balaban J connectivity index is 2.04. The van der Waals surface area contributed by atoms with E-state index >= 15 is 0 Å². The number of hydrogen-bond donors (Lipinski definition) is 2. The maximum atomic E-state index is 11.2. The van der Waals surface area contributed by atoms with Gasteiger partial charge in [0.1, 0.15) is 5.75 Å². The summed E-state index contributed by atoms with van der Waals surface area (Å²) in [6.07, 6.45) is 1.52. The minimum Gasteiger partial charge on any atom is -0.470 e. The number of hydrogen-bond acceptors (Lipinski definition) is 6. The summed E-state index contributed by atoms with van der Waals surface area (Å²) >= 11 is 5.88. The Morgan fingerprint density at radius 3 is 2.90 bits per heavy atom. The fourth-order valence-corrected chi connectivity index (χ4v) is 1.71. The maximum absolute atomic E-state index is 11.2. The number of nitro groups is 1. The third kappa shape index (κ3) is 3.46. The molecule has 3 N–H and O–H groups in total. The molecule has 0 spiro atoms. The van der Waals surface area contributed by atoms with Gasteiger partial charge in [-0.1, -0.05) is 11.6 Å². The summed E-state index contributed by atoms with van der Waals surface area (Å²) < 4.78 is 6.72. The van der Waals surface area contributed by atoms with E-state index < -0.39 is 10.8 Å². The molecule has 2 rings (SSSR count). The number of amides is 1. The highest BCUT2D eigenvalue weighted by Gasteiger charge is 2.11. The van der Waals surface area contributed by atoms with Crippen molar-refractivity contribution in [2.24, 2.45) is 5.84 Å². The first-order chi connectivity index (χ1) is 10.0. The van der Waals surface area contributed by atoms with Crippen molar-refractivity contribution in [1.82, 2.24) is 15.2 Å². The van der Waals surface area contributed by atoms with E-state index in [2.05, 4.69) is 5.10 Å². The molecule has 1 aromatic heterocycles. The lowest BCUT2D eigenvalue weighted by molar-refractivity contribution is -0.384. The Morgan fingerprint density at radius 1 is 1.52 bits per heavy atom. The zero-order chi connectivity index (χ0) is 15.4. The van der Waals surface area contributed by atoms with E-state index in [1.807, 2.05) is 5.43 Å². The number of benzene rings is 1. The molecule has 10 heteroatoms. The van der Waals surface area contributed by atoms with Gasteiger partial charge in [-0.25, -0.2) is 10.5 Å². The summed E-state index contributed by atoms with van der Waals surface area (Å²) in [6.45, 7) is -0.0185. The number of non-ortho nitro benzene ring substituents is 1. The van der Waals surface area contributed by atoms with Gasteiger partial charge in [0.25, 0.3) is 11.6 Å². The van der Waals surface area contributed by atoms with Crippen LogP contribution in [-0.2, 0) is 6.73 Å². The van der Waals surface area contributed by atoms with Gasteiger partial charge in [-0.3, -0.25) is 20.3 Å². The number of hydrazine groups is 1. The van der Waals surface area contributed by atoms with E-state index in [1.165, 1.54) is 35.1 Å². The average molecular weight is 312 g/mol. The minimum absolute atomic E-state index is 0.0185. The van der Waals surface area contributed by atoms with Gasteiger partial charge >= 0.3 is 0 Å². The molecule has 0 bridgehead atoms. The van der Waals surface area contributed by atoms with Crippen LogP contribution in [-0.4, -0.2) is 20.6 Å². The van der Waals surface area contributed by atoms with Gasteiger partial charge in [0.15, 0.2) is 12.4 Å². The van der Waals surface area contributed by atoms with Crippen LogP contribution < -0.4 is 16.0 Å². The highest BCUT2D eigenvalue weighted by atomic mass is 35.5. The van der Waals surface area contributed by atoms with Gasteiger partial charge in [-0.05, 0) is 12.1 Å². The first-order valence-electron chi connectivity index (χ1n) is 5.62. The molecule has 2 aromatic rings. The molecule has 21 heavy (non-hydrogen) atoms. The molecule has 0 aliphatic carbocycles. The molecular weight excluding hydrogens is 302 g/mol. The molecule has 0 radical (unpaired) electrons. The van der Waals surface area contributed by atoms with Crippen LogP contribution in [0.4, 0.5) is 5.69 Å². The SMILES string of the molecule is NNC(=O)c1ccn(COc2ccc([N+](=O)[O-])cc2Cl)n1. The predicted molar refractivity (Wildman–Crippen MR) is 72.6 cm³/mol. The normalized spacial score (nSPS) is 10.2. The smallest absolute Gasteiger partial charge is 0.285 e. The summed E-state index contributed by atoms with van der Waals surface area (Å²) in [5, 5.41) is 14.6. The average Bonchev–Trinajstić information content (AvgIpc) is 2.93. The summed E-state index contributed by atoms with van der Waals surface area (Å²) in [5.74, 6) is 4.72. The Morgan fingerprint density at radius 2 is 2.29 bits per heavy atom. The lowest BCUT2D eigenvalue weighted by Crippen LogP contribution is -2.30. The molecular formula is C11H10ClN5O4. The largest absolute Gasteiger partial charge is 0.470 e. The molecule has 0 unspecified atom stereocenters. The lowest BCUT2D eigenvalue weighted by Gasteiger charge is -2.07. The Bertz CT molecular complexity index is 687. The van der Waals surface area contributed by atoms with Crippen molar-refractivity contribution < 1.29 is 14.5 Å². The highest BCUT2D eigenvalue weighted by Crippen LogP contribution is 2.28. The van der Waals surface area contributed by atoms with Crippen molar-refractivity contribution in [1.29, 1.82) is 0 Å². The summed E-state index contributed by atoms with van der Waals surface area (Å²) in [5.41, 5.74) is 1.96. The number of rotatable bonds is 5. The first kappa shape index (κ1) is 14.8. The zero-order valence-corrected chi connectivity index (χ0v) is 11.3. The Hall–Kier alpha value is -2.65. The van der Waals surface area contributed by atoms with Gasteiger partial charge in [0.2, 0.25) is 0 Å². The van der Waals surface area contributed by atoms with E-state index in [1.54, 1.807) is 0 Å². The standard InChI is InChI=1S/C11H10ClN5O4/c12-8-5-7(17(19)20)1-2-10(8)21-6-16-4-3-9(15-16)11(18)14-13/h1-5H,6,13H2,(H,14,18). The molecule has 0 aliphatic rings. The van der Waals surface area contributed by atoms with Gasteiger partial charge in [0, 0.05) is 18.3 Å². The second-order valence-electron chi connectivity index (χ2n) is 3.86. The number of halogens is 1. The summed E-state index contributed by atoms with van der Waals surface area (Å²) in [4.78, 5) is 21.2. The number of aromatic nitrogens is 2. The maximum Gasteiger partial charge on any atom is 0.285 e. The first-order valence-corrected chi connectivity index (χ1v) is 6.00. The highest BCUT2D eigenvalue weighted by molar-refractivity contribution is 6.32. The predicted octanol–water partition coefficient (Wildman–Crippen LogP) is 1.08. The monoisotopic (exact) mass is 311 g/mol. The number of nitrogens with one attached hydrogen (secondary N) is 1. The molecule has 0 aliphatic heterocycles. The van der Waals surface area contributed by atoms with Gasteiger partial charge in [-0.2, -0.15) is 5.10 Å². The van der Waals surface area contributed by atoms with E-state index in [0.717, 1.165) is 0 Å². The molecule has 1 amide bonds. The van der Waals surface area contributed by atoms with E-state index in [9.17, 15) is 14.9 Å². The van der Waals surface area contributed by atoms with Gasteiger partial charge < -0.3 is 4.74 Å². The van der Waals surface area contributed by atoms with E-state index in [0.29, 0.717) is 0 Å². The molecule has 0 saturated heterocycles. The summed E-state index contributed by atoms with van der Waals surface area (Å²) in [7, 11) is 0.